The van der Waals surface area contributed by atoms with Gasteiger partial charge in [0.1, 0.15) is 11.0 Å². The van der Waals surface area contributed by atoms with Crippen LogP contribution in [-0.4, -0.2) is 47.1 Å². The normalized spacial score (nSPS) is 19.4. The van der Waals surface area contributed by atoms with Gasteiger partial charge in [0, 0.05) is 32.2 Å². The number of halogens is 1. The van der Waals surface area contributed by atoms with Gasteiger partial charge in [0.25, 0.3) is 0 Å². The molecule has 2 heterocycles. The molecule has 1 fully saturated rings. The topological polar surface area (TPSA) is 32.3 Å². The summed E-state index contributed by atoms with van der Waals surface area (Å²) in [5.41, 5.74) is 0. The molecule has 5 heteroatoms. The van der Waals surface area contributed by atoms with Crippen molar-refractivity contribution >= 4 is 17.4 Å². The van der Waals surface area contributed by atoms with E-state index < -0.39 is 0 Å². The van der Waals surface area contributed by atoms with E-state index in [4.69, 9.17) is 11.6 Å². The Labute approximate surface area is 108 Å². The Morgan fingerprint density at radius 3 is 2.59 bits per heavy atom. The fraction of sp³-hybridized carbons (Fsp3) is 0.667. The lowest BCUT2D eigenvalue weighted by Crippen LogP contribution is -2.49. The van der Waals surface area contributed by atoms with Crippen molar-refractivity contribution in [3.05, 3.63) is 17.5 Å². The lowest BCUT2D eigenvalue weighted by molar-refractivity contribution is 0.192. The second-order valence-electron chi connectivity index (χ2n) is 4.48. The van der Waals surface area contributed by atoms with Crippen LogP contribution in [-0.2, 0) is 0 Å². The van der Waals surface area contributed by atoms with Gasteiger partial charge in [0.2, 0.25) is 0 Å². The van der Waals surface area contributed by atoms with Crippen LogP contribution in [0.3, 0.4) is 0 Å². The summed E-state index contributed by atoms with van der Waals surface area (Å²) in [4.78, 5) is 13.1. The third-order valence-electron chi connectivity index (χ3n) is 3.44. The van der Waals surface area contributed by atoms with Gasteiger partial charge in [-0.2, -0.15) is 0 Å². The first-order valence-electron chi connectivity index (χ1n) is 6.17. The number of anilines is 1. The second-order valence-corrected chi connectivity index (χ2v) is 4.87. The second kappa shape index (κ2) is 5.65. The highest BCUT2D eigenvalue weighted by atomic mass is 35.5. The summed E-state index contributed by atoms with van der Waals surface area (Å²) in [5.74, 6) is 0.890. The highest BCUT2D eigenvalue weighted by Crippen LogP contribution is 2.16. The maximum atomic E-state index is 5.85. The summed E-state index contributed by atoms with van der Waals surface area (Å²) in [7, 11) is 0. The predicted molar refractivity (Wildman–Crippen MR) is 70.6 cm³/mol. The molecule has 0 bridgehead atoms. The van der Waals surface area contributed by atoms with Crippen molar-refractivity contribution in [1.29, 1.82) is 0 Å². The van der Waals surface area contributed by atoms with Gasteiger partial charge in [-0.05, 0) is 13.3 Å². The minimum absolute atomic E-state index is 0.465. The molecular formula is C12H19ClN4. The first kappa shape index (κ1) is 12.6. The molecule has 4 nitrogen and oxygen atoms in total. The Bertz CT molecular complexity index is 363. The highest BCUT2D eigenvalue weighted by molar-refractivity contribution is 6.29. The summed E-state index contributed by atoms with van der Waals surface area (Å²) in [6.45, 7) is 8.69. The largest absolute Gasteiger partial charge is 0.353 e. The van der Waals surface area contributed by atoms with Gasteiger partial charge in [0.15, 0.2) is 0 Å². The van der Waals surface area contributed by atoms with E-state index in [0.717, 1.165) is 32.0 Å². The van der Waals surface area contributed by atoms with Crippen LogP contribution in [0, 0.1) is 0 Å². The van der Waals surface area contributed by atoms with Gasteiger partial charge in [-0.25, -0.2) is 4.98 Å². The molecule has 2 rings (SSSR count). The quantitative estimate of drug-likeness (QED) is 0.827. The Morgan fingerprint density at radius 1 is 1.29 bits per heavy atom. The summed E-state index contributed by atoms with van der Waals surface area (Å²) in [6.07, 6.45) is 4.56. The Morgan fingerprint density at radius 2 is 2.00 bits per heavy atom. The minimum Gasteiger partial charge on any atom is -0.353 e. The highest BCUT2D eigenvalue weighted by Gasteiger charge is 2.20. The van der Waals surface area contributed by atoms with Crippen LogP contribution in [0.1, 0.15) is 20.3 Å². The van der Waals surface area contributed by atoms with Gasteiger partial charge in [-0.1, -0.05) is 18.5 Å². The first-order valence-corrected chi connectivity index (χ1v) is 6.55. The van der Waals surface area contributed by atoms with Crippen LogP contribution in [0.15, 0.2) is 12.4 Å². The molecule has 1 aromatic heterocycles. The Hall–Kier alpha value is -0.870. The van der Waals surface area contributed by atoms with Crippen molar-refractivity contribution < 1.29 is 0 Å². The lowest BCUT2D eigenvalue weighted by Gasteiger charge is -2.38. The monoisotopic (exact) mass is 254 g/mol. The summed E-state index contributed by atoms with van der Waals surface area (Å²) in [5, 5.41) is 0.465. The number of hydrogen-bond donors (Lipinski definition) is 0. The van der Waals surface area contributed by atoms with Gasteiger partial charge in [0.05, 0.1) is 12.4 Å². The molecule has 1 atom stereocenters. The van der Waals surface area contributed by atoms with Crippen molar-refractivity contribution in [1.82, 2.24) is 14.9 Å². The zero-order valence-corrected chi connectivity index (χ0v) is 11.2. The van der Waals surface area contributed by atoms with Crippen LogP contribution in [0.2, 0.25) is 5.15 Å². The molecule has 94 valence electrons. The molecule has 0 saturated carbocycles. The maximum Gasteiger partial charge on any atom is 0.149 e. The van der Waals surface area contributed by atoms with E-state index in [1.54, 1.807) is 12.4 Å². The Balaban J connectivity index is 1.95. The minimum atomic E-state index is 0.465. The van der Waals surface area contributed by atoms with E-state index in [1.165, 1.54) is 6.42 Å². The molecule has 0 aromatic carbocycles. The van der Waals surface area contributed by atoms with Gasteiger partial charge in [-0.3, -0.25) is 9.88 Å². The van der Waals surface area contributed by atoms with E-state index in [9.17, 15) is 0 Å². The van der Waals surface area contributed by atoms with E-state index >= 15 is 0 Å². The van der Waals surface area contributed by atoms with E-state index in [1.807, 2.05) is 0 Å². The molecule has 0 spiro atoms. The molecule has 1 aliphatic rings. The van der Waals surface area contributed by atoms with Gasteiger partial charge < -0.3 is 4.90 Å². The SMILES string of the molecule is CCC(C)N1CCN(c2cncc(Cl)n2)CC1. The van der Waals surface area contributed by atoms with E-state index in [2.05, 4.69) is 33.6 Å². The molecule has 0 aliphatic carbocycles. The maximum absolute atomic E-state index is 5.85. The molecular weight excluding hydrogens is 236 g/mol. The van der Waals surface area contributed by atoms with Gasteiger partial charge >= 0.3 is 0 Å². The molecule has 1 aromatic rings. The Kier molecular flexibility index (Phi) is 4.18. The smallest absolute Gasteiger partial charge is 0.149 e. The van der Waals surface area contributed by atoms with Crippen LogP contribution in [0.5, 0.6) is 0 Å². The standard InChI is InChI=1S/C12H19ClN4/c1-3-10(2)16-4-6-17(7-5-16)12-9-14-8-11(13)15-12/h8-10H,3-7H2,1-2H3. The van der Waals surface area contributed by atoms with Crippen LogP contribution < -0.4 is 4.90 Å². The fourth-order valence-electron chi connectivity index (χ4n) is 2.13. The molecule has 1 saturated heterocycles. The number of rotatable bonds is 3. The molecule has 17 heavy (non-hydrogen) atoms. The van der Waals surface area contributed by atoms with Crippen LogP contribution in [0.25, 0.3) is 0 Å². The molecule has 0 radical (unpaired) electrons. The number of nitrogens with zero attached hydrogens (tertiary/aromatic N) is 4. The van der Waals surface area contributed by atoms with E-state index in [-0.39, 0.29) is 0 Å². The lowest BCUT2D eigenvalue weighted by atomic mass is 10.2. The van der Waals surface area contributed by atoms with Crippen LogP contribution >= 0.6 is 11.6 Å². The van der Waals surface area contributed by atoms with Crippen LogP contribution in [0.4, 0.5) is 5.82 Å². The van der Waals surface area contributed by atoms with Crippen molar-refractivity contribution in [2.24, 2.45) is 0 Å². The third kappa shape index (κ3) is 3.07. The average Bonchev–Trinajstić information content (AvgIpc) is 2.38. The number of aromatic nitrogens is 2. The first-order chi connectivity index (χ1) is 8.20. The van der Waals surface area contributed by atoms with Crippen molar-refractivity contribution in [3.8, 4) is 0 Å². The molecule has 1 unspecified atom stereocenters. The molecule has 0 N–H and O–H groups in total. The van der Waals surface area contributed by atoms with Gasteiger partial charge in [-0.15, -0.1) is 0 Å². The number of piperazine rings is 1. The van der Waals surface area contributed by atoms with E-state index in [0.29, 0.717) is 11.2 Å². The molecule has 0 amide bonds. The van der Waals surface area contributed by atoms with Crippen molar-refractivity contribution in [2.45, 2.75) is 26.3 Å². The average molecular weight is 255 g/mol. The predicted octanol–water partition coefficient (Wildman–Crippen LogP) is 2.05. The zero-order chi connectivity index (χ0) is 12.3. The summed E-state index contributed by atoms with van der Waals surface area (Å²) >= 11 is 5.85. The van der Waals surface area contributed by atoms with Crippen molar-refractivity contribution in [3.63, 3.8) is 0 Å². The summed E-state index contributed by atoms with van der Waals surface area (Å²) < 4.78 is 0. The fourth-order valence-corrected chi connectivity index (χ4v) is 2.28. The van der Waals surface area contributed by atoms with Crippen molar-refractivity contribution in [2.75, 3.05) is 31.1 Å². The number of hydrogen-bond acceptors (Lipinski definition) is 4. The third-order valence-corrected chi connectivity index (χ3v) is 3.63. The summed E-state index contributed by atoms with van der Waals surface area (Å²) in [6, 6.07) is 0.669. The molecule has 1 aliphatic heterocycles. The zero-order valence-electron chi connectivity index (χ0n) is 10.4.